The molecule has 16 heavy (non-hydrogen) atoms. The predicted molar refractivity (Wildman–Crippen MR) is 61.0 cm³/mol. The Hall–Kier alpha value is -0.870. The third-order valence-electron chi connectivity index (χ3n) is 3.15. The van der Waals surface area contributed by atoms with E-state index >= 15 is 0 Å². The van der Waals surface area contributed by atoms with E-state index in [4.69, 9.17) is 4.52 Å². The van der Waals surface area contributed by atoms with E-state index in [9.17, 15) is 5.11 Å². The number of rotatable bonds is 4. The number of aliphatic hydroxyl groups is 1. The van der Waals surface area contributed by atoms with Gasteiger partial charge in [-0.05, 0) is 39.7 Å². The standard InChI is InChI=1S/C12H20N2O2/c1-9(15)6-12-4-3-5-14(12)8-11-7-10(2)16-13-11/h7,9,12,15H,3-6,8H2,1-2H3. The Kier molecular flexibility index (Phi) is 3.61. The minimum absolute atomic E-state index is 0.218. The number of aryl methyl sites for hydroxylation is 1. The Bertz CT molecular complexity index is 336. The molecule has 1 fully saturated rings. The number of nitrogens with zero attached hydrogens (tertiary/aromatic N) is 2. The fourth-order valence-electron chi connectivity index (χ4n) is 2.46. The van der Waals surface area contributed by atoms with Gasteiger partial charge < -0.3 is 9.63 Å². The van der Waals surface area contributed by atoms with Gasteiger partial charge >= 0.3 is 0 Å². The second-order valence-corrected chi connectivity index (χ2v) is 4.78. The van der Waals surface area contributed by atoms with Crippen molar-refractivity contribution in [3.05, 3.63) is 17.5 Å². The Morgan fingerprint density at radius 1 is 1.69 bits per heavy atom. The molecule has 0 aromatic carbocycles. The van der Waals surface area contributed by atoms with E-state index in [0.717, 1.165) is 31.0 Å². The van der Waals surface area contributed by atoms with Crippen LogP contribution < -0.4 is 0 Å². The molecule has 1 aliphatic heterocycles. The summed E-state index contributed by atoms with van der Waals surface area (Å²) in [5, 5.41) is 13.5. The Morgan fingerprint density at radius 2 is 2.50 bits per heavy atom. The minimum atomic E-state index is -0.218. The molecule has 1 aliphatic rings. The summed E-state index contributed by atoms with van der Waals surface area (Å²) in [5.41, 5.74) is 0.995. The molecule has 4 heteroatoms. The minimum Gasteiger partial charge on any atom is -0.393 e. The topological polar surface area (TPSA) is 49.5 Å². The first-order chi connectivity index (χ1) is 7.65. The molecular formula is C12H20N2O2. The lowest BCUT2D eigenvalue weighted by Gasteiger charge is -2.24. The average Bonchev–Trinajstić information content (AvgIpc) is 2.77. The average molecular weight is 224 g/mol. The van der Waals surface area contributed by atoms with Gasteiger partial charge in [-0.15, -0.1) is 0 Å². The molecule has 0 amide bonds. The third-order valence-corrected chi connectivity index (χ3v) is 3.15. The van der Waals surface area contributed by atoms with E-state index in [2.05, 4.69) is 10.1 Å². The van der Waals surface area contributed by atoms with Gasteiger partial charge in [0.25, 0.3) is 0 Å². The highest BCUT2D eigenvalue weighted by atomic mass is 16.5. The van der Waals surface area contributed by atoms with E-state index in [1.165, 1.54) is 12.8 Å². The lowest BCUT2D eigenvalue weighted by molar-refractivity contribution is 0.129. The normalized spacial score (nSPS) is 23.8. The van der Waals surface area contributed by atoms with E-state index in [0.29, 0.717) is 6.04 Å². The summed E-state index contributed by atoms with van der Waals surface area (Å²) in [6.45, 7) is 5.71. The molecule has 0 saturated carbocycles. The maximum absolute atomic E-state index is 9.44. The van der Waals surface area contributed by atoms with Crippen molar-refractivity contribution in [3.63, 3.8) is 0 Å². The van der Waals surface area contributed by atoms with Crippen molar-refractivity contribution in [1.29, 1.82) is 0 Å². The number of likely N-dealkylation sites (tertiary alicyclic amines) is 1. The molecule has 1 aromatic heterocycles. The monoisotopic (exact) mass is 224 g/mol. The molecule has 4 nitrogen and oxygen atoms in total. The molecule has 1 aromatic rings. The van der Waals surface area contributed by atoms with Crippen molar-refractivity contribution in [3.8, 4) is 0 Å². The van der Waals surface area contributed by atoms with Gasteiger partial charge in [-0.2, -0.15) is 0 Å². The molecule has 1 saturated heterocycles. The quantitative estimate of drug-likeness (QED) is 0.846. The molecular weight excluding hydrogens is 204 g/mol. The molecule has 2 heterocycles. The maximum Gasteiger partial charge on any atom is 0.133 e. The summed E-state index contributed by atoms with van der Waals surface area (Å²) in [7, 11) is 0. The second-order valence-electron chi connectivity index (χ2n) is 4.78. The highest BCUT2D eigenvalue weighted by Gasteiger charge is 2.26. The van der Waals surface area contributed by atoms with Gasteiger partial charge in [-0.1, -0.05) is 5.16 Å². The van der Waals surface area contributed by atoms with Gasteiger partial charge in [-0.3, -0.25) is 4.90 Å². The van der Waals surface area contributed by atoms with E-state index < -0.39 is 0 Å². The summed E-state index contributed by atoms with van der Waals surface area (Å²) in [6, 6.07) is 2.48. The van der Waals surface area contributed by atoms with E-state index in [-0.39, 0.29) is 6.10 Å². The van der Waals surface area contributed by atoms with Crippen molar-refractivity contribution < 1.29 is 9.63 Å². The lowest BCUT2D eigenvalue weighted by Crippen LogP contribution is -2.31. The number of hydrogen-bond donors (Lipinski definition) is 1. The predicted octanol–water partition coefficient (Wildman–Crippen LogP) is 1.72. The summed E-state index contributed by atoms with van der Waals surface area (Å²) in [6.07, 6.45) is 3.04. The zero-order valence-electron chi connectivity index (χ0n) is 10.0. The van der Waals surface area contributed by atoms with Gasteiger partial charge in [0.15, 0.2) is 0 Å². The van der Waals surface area contributed by atoms with Gasteiger partial charge in [-0.25, -0.2) is 0 Å². The first-order valence-corrected chi connectivity index (χ1v) is 5.99. The third kappa shape index (κ3) is 2.83. The van der Waals surface area contributed by atoms with Crippen LogP contribution in [0.5, 0.6) is 0 Å². The molecule has 2 rings (SSSR count). The van der Waals surface area contributed by atoms with Gasteiger partial charge in [0.05, 0.1) is 11.8 Å². The van der Waals surface area contributed by atoms with Crippen molar-refractivity contribution in [2.45, 2.75) is 51.8 Å². The number of aromatic nitrogens is 1. The first-order valence-electron chi connectivity index (χ1n) is 5.99. The van der Waals surface area contributed by atoms with Gasteiger partial charge in [0.1, 0.15) is 5.76 Å². The van der Waals surface area contributed by atoms with Crippen LogP contribution in [0.15, 0.2) is 10.6 Å². The fourth-order valence-corrected chi connectivity index (χ4v) is 2.46. The molecule has 0 spiro atoms. The van der Waals surface area contributed by atoms with Crippen LogP contribution in [0.1, 0.15) is 37.6 Å². The van der Waals surface area contributed by atoms with Gasteiger partial charge in [0.2, 0.25) is 0 Å². The fraction of sp³-hybridized carbons (Fsp3) is 0.750. The molecule has 2 atom stereocenters. The van der Waals surface area contributed by atoms with Crippen LogP contribution >= 0.6 is 0 Å². The zero-order chi connectivity index (χ0) is 11.5. The summed E-state index contributed by atoms with van der Waals surface area (Å²) < 4.78 is 5.07. The van der Waals surface area contributed by atoms with Crippen LogP contribution in [0.2, 0.25) is 0 Å². The van der Waals surface area contributed by atoms with Crippen molar-refractivity contribution in [2.24, 2.45) is 0 Å². The summed E-state index contributed by atoms with van der Waals surface area (Å²) in [5.74, 6) is 0.862. The van der Waals surface area contributed by atoms with Crippen LogP contribution in [0.4, 0.5) is 0 Å². The molecule has 90 valence electrons. The second kappa shape index (κ2) is 4.97. The van der Waals surface area contributed by atoms with Crippen molar-refractivity contribution in [2.75, 3.05) is 6.54 Å². The molecule has 0 aliphatic carbocycles. The van der Waals surface area contributed by atoms with E-state index in [1.54, 1.807) is 0 Å². The number of hydrogen-bond acceptors (Lipinski definition) is 4. The zero-order valence-corrected chi connectivity index (χ0v) is 10.0. The largest absolute Gasteiger partial charge is 0.393 e. The Balaban J connectivity index is 1.93. The summed E-state index contributed by atoms with van der Waals surface area (Å²) >= 11 is 0. The van der Waals surface area contributed by atoms with Gasteiger partial charge in [0, 0.05) is 18.7 Å². The smallest absolute Gasteiger partial charge is 0.133 e. The van der Waals surface area contributed by atoms with Crippen LogP contribution in [0.25, 0.3) is 0 Å². The highest BCUT2D eigenvalue weighted by molar-refractivity contribution is 5.04. The molecule has 1 N–H and O–H groups in total. The van der Waals surface area contributed by atoms with Crippen LogP contribution in [0, 0.1) is 6.92 Å². The highest BCUT2D eigenvalue weighted by Crippen LogP contribution is 2.23. The lowest BCUT2D eigenvalue weighted by atomic mass is 10.1. The van der Waals surface area contributed by atoms with Crippen molar-refractivity contribution in [1.82, 2.24) is 10.1 Å². The van der Waals surface area contributed by atoms with Crippen LogP contribution in [-0.4, -0.2) is 33.9 Å². The Morgan fingerprint density at radius 3 is 3.12 bits per heavy atom. The SMILES string of the molecule is Cc1cc(CN2CCCC2CC(C)O)no1. The Labute approximate surface area is 96.2 Å². The maximum atomic E-state index is 9.44. The number of aliphatic hydroxyl groups excluding tert-OH is 1. The molecule has 0 radical (unpaired) electrons. The van der Waals surface area contributed by atoms with E-state index in [1.807, 2.05) is 19.9 Å². The van der Waals surface area contributed by atoms with Crippen LogP contribution in [-0.2, 0) is 6.54 Å². The summed E-state index contributed by atoms with van der Waals surface area (Å²) in [4.78, 5) is 2.39. The van der Waals surface area contributed by atoms with Crippen molar-refractivity contribution >= 4 is 0 Å². The molecule has 0 bridgehead atoms. The first kappa shape index (κ1) is 11.6. The molecule has 2 unspecified atom stereocenters. The van der Waals surface area contributed by atoms with Crippen LogP contribution in [0.3, 0.4) is 0 Å².